The van der Waals surface area contributed by atoms with Crippen molar-refractivity contribution in [3.8, 4) is 6.07 Å². The Hall–Kier alpha value is -3.15. The number of pyridine rings is 1. The first-order chi connectivity index (χ1) is 14.5. The van der Waals surface area contributed by atoms with Crippen molar-refractivity contribution in [1.29, 1.82) is 5.26 Å². The molecule has 3 aromatic rings. The number of rotatable bonds is 5. The van der Waals surface area contributed by atoms with Crippen molar-refractivity contribution >= 4 is 32.5 Å². The Labute approximate surface area is 175 Å². The molecule has 1 N–H and O–H groups in total. The van der Waals surface area contributed by atoms with E-state index in [1.807, 2.05) is 16.4 Å². The van der Waals surface area contributed by atoms with E-state index in [0.717, 1.165) is 10.9 Å². The smallest absolute Gasteiger partial charge is 0.287 e. The third-order valence-corrected chi connectivity index (χ3v) is 7.55. The maximum atomic E-state index is 13.2. The van der Waals surface area contributed by atoms with E-state index in [1.165, 1.54) is 0 Å². The Morgan fingerprint density at radius 3 is 2.70 bits per heavy atom. The molecule has 1 saturated heterocycles. The number of carbonyl (C=O) groups is 1. The molecule has 2 aromatic heterocycles. The fourth-order valence-corrected chi connectivity index (χ4v) is 5.17. The van der Waals surface area contributed by atoms with Crippen molar-refractivity contribution < 1.29 is 13.4 Å². The molecule has 1 aromatic carbocycles. The van der Waals surface area contributed by atoms with Gasteiger partial charge in [-0.25, -0.2) is 8.51 Å². The van der Waals surface area contributed by atoms with E-state index < -0.39 is 9.71 Å². The lowest BCUT2D eigenvalue weighted by molar-refractivity contribution is 0.0925. The number of fused-ring (bicyclic) bond motifs is 1. The topological polar surface area (TPSA) is 99.2 Å². The first-order valence-corrected chi connectivity index (χ1v) is 11.4. The number of benzene rings is 1. The molecule has 8 heteroatoms. The van der Waals surface area contributed by atoms with Crippen LogP contribution in [0.5, 0.6) is 0 Å². The molecule has 1 aliphatic heterocycles. The quantitative estimate of drug-likeness (QED) is 0.637. The first-order valence-electron chi connectivity index (χ1n) is 9.70. The van der Waals surface area contributed by atoms with Crippen LogP contribution >= 0.6 is 0 Å². The van der Waals surface area contributed by atoms with Crippen LogP contribution in [0.15, 0.2) is 58.1 Å². The number of nitrogens with one attached hydrogen (secondary N) is 1. The number of nitriles is 1. The molecule has 4 rings (SSSR count). The van der Waals surface area contributed by atoms with Gasteiger partial charge in [0.2, 0.25) is 0 Å². The van der Waals surface area contributed by atoms with Gasteiger partial charge in [-0.1, -0.05) is 12.1 Å². The summed E-state index contributed by atoms with van der Waals surface area (Å²) in [5.41, 5.74) is 1.44. The minimum Gasteiger partial charge on any atom is -0.449 e. The average molecular weight is 423 g/mol. The lowest BCUT2D eigenvalue weighted by atomic mass is 10.0. The molecule has 0 radical (unpaired) electrons. The molecule has 0 bridgehead atoms. The summed E-state index contributed by atoms with van der Waals surface area (Å²) >= 11 is 0. The van der Waals surface area contributed by atoms with Crippen LogP contribution in [0.1, 0.15) is 29.0 Å². The van der Waals surface area contributed by atoms with E-state index in [2.05, 4.69) is 22.2 Å². The maximum Gasteiger partial charge on any atom is 0.287 e. The second kappa shape index (κ2) is 8.30. The highest BCUT2D eigenvalue weighted by atomic mass is 32.2. The zero-order valence-electron chi connectivity index (χ0n) is 16.4. The van der Waals surface area contributed by atoms with Crippen molar-refractivity contribution in [2.45, 2.75) is 24.3 Å². The standard InChI is InChI=1S/C22H22N4O3S/c1-30(28,26-10-7-16(13-23)8-11-26)19-4-2-17(3-5-19)14-25-22(27)20-12-18-6-9-24-15-21(18)29-20/h2-6,9,12,15-16H,1,7-8,10-11,14H2,(H,25,27). The van der Waals surface area contributed by atoms with Crippen molar-refractivity contribution in [1.82, 2.24) is 14.6 Å². The summed E-state index contributed by atoms with van der Waals surface area (Å²) in [5.74, 6) is 3.92. The van der Waals surface area contributed by atoms with Gasteiger partial charge in [-0.3, -0.25) is 9.78 Å². The van der Waals surface area contributed by atoms with Gasteiger partial charge in [0.25, 0.3) is 5.91 Å². The molecule has 0 aliphatic carbocycles. The number of piperidine rings is 1. The molecule has 7 nitrogen and oxygen atoms in total. The molecule has 30 heavy (non-hydrogen) atoms. The van der Waals surface area contributed by atoms with Gasteiger partial charge >= 0.3 is 0 Å². The molecule has 1 fully saturated rings. The van der Waals surface area contributed by atoms with Gasteiger partial charge in [-0.15, -0.1) is 0 Å². The lowest BCUT2D eigenvalue weighted by Crippen LogP contribution is -2.38. The van der Waals surface area contributed by atoms with Crippen molar-refractivity contribution in [2.24, 2.45) is 5.92 Å². The Balaban J connectivity index is 1.38. The highest BCUT2D eigenvalue weighted by Crippen LogP contribution is 2.24. The first kappa shape index (κ1) is 20.1. The maximum absolute atomic E-state index is 13.2. The number of furan rings is 1. The number of amides is 1. The predicted molar refractivity (Wildman–Crippen MR) is 115 cm³/mol. The number of aromatic nitrogens is 1. The third kappa shape index (κ3) is 4.08. The van der Waals surface area contributed by atoms with Crippen LogP contribution in [0, 0.1) is 17.2 Å². The second-order valence-corrected chi connectivity index (χ2v) is 9.59. The molecular formula is C22H22N4O3S. The molecular weight excluding hydrogens is 400 g/mol. The fraction of sp³-hybridized carbons (Fsp3) is 0.273. The Kier molecular flexibility index (Phi) is 5.57. The third-order valence-electron chi connectivity index (χ3n) is 5.35. The van der Waals surface area contributed by atoms with E-state index >= 15 is 0 Å². The highest BCUT2D eigenvalue weighted by molar-refractivity contribution is 7.98. The van der Waals surface area contributed by atoms with E-state index in [0.29, 0.717) is 43.0 Å². The molecule has 1 unspecified atom stereocenters. The van der Waals surface area contributed by atoms with Crippen LogP contribution in [-0.4, -0.2) is 38.4 Å². The van der Waals surface area contributed by atoms with Gasteiger partial charge in [0, 0.05) is 42.0 Å². The molecule has 0 spiro atoms. The summed E-state index contributed by atoms with van der Waals surface area (Å²) < 4.78 is 20.6. The van der Waals surface area contributed by atoms with Gasteiger partial charge in [0.15, 0.2) is 11.3 Å². The minimum absolute atomic E-state index is 0.0328. The zero-order chi connectivity index (χ0) is 21.1. The normalized spacial score (nSPS) is 17.3. The Morgan fingerprint density at radius 1 is 1.30 bits per heavy atom. The number of hydrogen-bond donors (Lipinski definition) is 1. The lowest BCUT2D eigenvalue weighted by Gasteiger charge is -2.31. The zero-order valence-corrected chi connectivity index (χ0v) is 17.2. The molecule has 3 heterocycles. The number of hydrogen-bond acceptors (Lipinski definition) is 5. The molecule has 1 amide bonds. The predicted octanol–water partition coefficient (Wildman–Crippen LogP) is 2.98. The largest absolute Gasteiger partial charge is 0.449 e. The van der Waals surface area contributed by atoms with Crippen LogP contribution in [0.3, 0.4) is 0 Å². The second-order valence-electron chi connectivity index (χ2n) is 7.32. The van der Waals surface area contributed by atoms with E-state index in [4.69, 9.17) is 9.68 Å². The summed E-state index contributed by atoms with van der Waals surface area (Å²) in [6.45, 7) is 1.52. The summed E-state index contributed by atoms with van der Waals surface area (Å²) in [6.07, 6.45) is 4.65. The molecule has 1 atom stereocenters. The monoisotopic (exact) mass is 422 g/mol. The minimum atomic E-state index is -2.58. The summed E-state index contributed by atoms with van der Waals surface area (Å²) in [7, 11) is -2.58. The van der Waals surface area contributed by atoms with Crippen molar-refractivity contribution in [3.63, 3.8) is 0 Å². The fourth-order valence-electron chi connectivity index (χ4n) is 3.51. The average Bonchev–Trinajstić information content (AvgIpc) is 3.22. The molecule has 154 valence electrons. The van der Waals surface area contributed by atoms with Crippen LogP contribution in [0.25, 0.3) is 11.0 Å². The summed E-state index contributed by atoms with van der Waals surface area (Å²) in [5, 5.41) is 12.7. The Morgan fingerprint density at radius 2 is 2.03 bits per heavy atom. The van der Waals surface area contributed by atoms with Crippen molar-refractivity contribution in [3.05, 3.63) is 60.1 Å². The molecule has 0 saturated carbocycles. The Bertz CT molecular complexity index is 1170. The number of carbonyl (C=O) groups excluding carboxylic acids is 1. The van der Waals surface area contributed by atoms with Crippen LogP contribution < -0.4 is 5.32 Å². The van der Waals surface area contributed by atoms with Crippen molar-refractivity contribution in [2.75, 3.05) is 13.1 Å². The van der Waals surface area contributed by atoms with Crippen LogP contribution in [-0.2, 0) is 16.3 Å². The van der Waals surface area contributed by atoms with Gasteiger partial charge in [0.05, 0.1) is 22.0 Å². The number of nitrogens with zero attached hydrogens (tertiary/aromatic N) is 3. The van der Waals surface area contributed by atoms with E-state index in [1.54, 1.807) is 36.7 Å². The molecule has 1 aliphatic rings. The van der Waals surface area contributed by atoms with Crippen LogP contribution in [0.2, 0.25) is 0 Å². The van der Waals surface area contributed by atoms with Gasteiger partial charge in [-0.05, 0) is 48.5 Å². The summed E-state index contributed by atoms with van der Waals surface area (Å²) in [6, 6.07) is 13.0. The van der Waals surface area contributed by atoms with Gasteiger partial charge < -0.3 is 9.73 Å². The SMILES string of the molecule is C=S(=O)(c1ccc(CNC(=O)c2cc3ccncc3o2)cc1)N1CCC(C#N)CC1. The van der Waals surface area contributed by atoms with Crippen LogP contribution in [0.4, 0.5) is 0 Å². The highest BCUT2D eigenvalue weighted by Gasteiger charge is 2.25. The van der Waals surface area contributed by atoms with Gasteiger partial charge in [-0.2, -0.15) is 5.26 Å². The van der Waals surface area contributed by atoms with E-state index in [9.17, 15) is 9.00 Å². The summed E-state index contributed by atoms with van der Waals surface area (Å²) in [4.78, 5) is 17.0. The van der Waals surface area contributed by atoms with Gasteiger partial charge in [0.1, 0.15) is 0 Å². The van der Waals surface area contributed by atoms with E-state index in [-0.39, 0.29) is 17.6 Å².